The van der Waals surface area contributed by atoms with Crippen LogP contribution in [0.1, 0.15) is 41.5 Å². The number of carboxylic acids is 1. The van der Waals surface area contributed by atoms with Gasteiger partial charge in [-0.25, -0.2) is 14.8 Å². The number of aromatic carboxylic acids is 1. The van der Waals surface area contributed by atoms with E-state index in [1.807, 2.05) is 27.0 Å². The smallest absolute Gasteiger partial charge is 0.335 e. The number of aromatic nitrogens is 2. The Labute approximate surface area is 112 Å². The van der Waals surface area contributed by atoms with Crippen molar-refractivity contribution < 1.29 is 9.90 Å². The fourth-order valence-electron chi connectivity index (χ4n) is 1.80. The summed E-state index contributed by atoms with van der Waals surface area (Å²) in [6.07, 6.45) is 1.81. The van der Waals surface area contributed by atoms with Gasteiger partial charge in [0.05, 0.1) is 11.3 Å². The van der Waals surface area contributed by atoms with Gasteiger partial charge < -0.3 is 5.11 Å². The molecule has 0 aliphatic carbocycles. The van der Waals surface area contributed by atoms with Crippen molar-refractivity contribution >= 4 is 5.97 Å². The van der Waals surface area contributed by atoms with E-state index in [1.165, 1.54) is 0 Å². The first-order valence-corrected chi connectivity index (χ1v) is 6.16. The monoisotopic (exact) mass is 256 g/mol. The SMILES string of the molecule is Cc1cnc(C(C)C)nc1-c1ccc(C(=O)O)cc1. The highest BCUT2D eigenvalue weighted by atomic mass is 16.4. The van der Waals surface area contributed by atoms with Gasteiger partial charge >= 0.3 is 5.97 Å². The molecule has 0 unspecified atom stereocenters. The van der Waals surface area contributed by atoms with Crippen LogP contribution in [-0.4, -0.2) is 21.0 Å². The number of hydrogen-bond donors (Lipinski definition) is 1. The third-order valence-corrected chi connectivity index (χ3v) is 2.91. The van der Waals surface area contributed by atoms with E-state index >= 15 is 0 Å². The van der Waals surface area contributed by atoms with Crippen LogP contribution in [0.2, 0.25) is 0 Å². The van der Waals surface area contributed by atoms with Crippen LogP contribution in [0.4, 0.5) is 0 Å². The van der Waals surface area contributed by atoms with Crippen LogP contribution >= 0.6 is 0 Å². The second-order valence-electron chi connectivity index (χ2n) is 4.80. The molecule has 0 amide bonds. The standard InChI is InChI=1S/C15H16N2O2/c1-9(2)14-16-8-10(3)13(17-14)11-4-6-12(7-5-11)15(18)19/h4-9H,1-3H3,(H,18,19). The second kappa shape index (κ2) is 5.18. The Bertz CT molecular complexity index is 604. The topological polar surface area (TPSA) is 63.1 Å². The summed E-state index contributed by atoms with van der Waals surface area (Å²) in [6, 6.07) is 6.74. The number of aryl methyl sites for hydroxylation is 1. The molecule has 19 heavy (non-hydrogen) atoms. The van der Waals surface area contributed by atoms with E-state index < -0.39 is 5.97 Å². The molecular formula is C15H16N2O2. The molecule has 0 radical (unpaired) electrons. The van der Waals surface area contributed by atoms with Crippen LogP contribution in [0.3, 0.4) is 0 Å². The summed E-state index contributed by atoms with van der Waals surface area (Å²) in [5, 5.41) is 8.89. The molecule has 0 fully saturated rings. The van der Waals surface area contributed by atoms with Crippen molar-refractivity contribution in [2.24, 2.45) is 0 Å². The van der Waals surface area contributed by atoms with E-state index in [0.717, 1.165) is 22.6 Å². The molecule has 1 aromatic heterocycles. The third kappa shape index (κ3) is 2.78. The molecule has 98 valence electrons. The van der Waals surface area contributed by atoms with Crippen molar-refractivity contribution in [3.63, 3.8) is 0 Å². The minimum absolute atomic E-state index is 0.262. The molecule has 4 nitrogen and oxygen atoms in total. The maximum Gasteiger partial charge on any atom is 0.335 e. The number of benzene rings is 1. The van der Waals surface area contributed by atoms with Crippen molar-refractivity contribution in [3.05, 3.63) is 47.4 Å². The van der Waals surface area contributed by atoms with Crippen LogP contribution in [0.5, 0.6) is 0 Å². The average Bonchev–Trinajstić information content (AvgIpc) is 2.39. The summed E-state index contributed by atoms with van der Waals surface area (Å²) in [6.45, 7) is 6.04. The fourth-order valence-corrected chi connectivity index (χ4v) is 1.80. The molecule has 0 bridgehead atoms. The van der Waals surface area contributed by atoms with Gasteiger partial charge in [0, 0.05) is 17.7 Å². The van der Waals surface area contributed by atoms with E-state index in [0.29, 0.717) is 0 Å². The van der Waals surface area contributed by atoms with Gasteiger partial charge in [0.15, 0.2) is 0 Å². The molecular weight excluding hydrogens is 240 g/mol. The number of carbonyl (C=O) groups is 1. The van der Waals surface area contributed by atoms with Gasteiger partial charge in [-0.1, -0.05) is 26.0 Å². The number of carboxylic acid groups (broad SMARTS) is 1. The van der Waals surface area contributed by atoms with Crippen LogP contribution in [-0.2, 0) is 0 Å². The van der Waals surface area contributed by atoms with Crippen molar-refractivity contribution in [3.8, 4) is 11.3 Å². The first-order valence-electron chi connectivity index (χ1n) is 6.16. The summed E-state index contributed by atoms with van der Waals surface area (Å²) in [7, 11) is 0. The van der Waals surface area contributed by atoms with Crippen molar-refractivity contribution in [2.45, 2.75) is 26.7 Å². The lowest BCUT2D eigenvalue weighted by Gasteiger charge is -2.09. The molecule has 0 aliphatic rings. The van der Waals surface area contributed by atoms with Crippen LogP contribution in [0.15, 0.2) is 30.5 Å². The van der Waals surface area contributed by atoms with E-state index in [1.54, 1.807) is 24.3 Å². The highest BCUT2D eigenvalue weighted by Crippen LogP contribution is 2.23. The lowest BCUT2D eigenvalue weighted by Crippen LogP contribution is -2.01. The lowest BCUT2D eigenvalue weighted by molar-refractivity contribution is 0.0697. The Morgan fingerprint density at radius 2 is 1.84 bits per heavy atom. The molecule has 0 saturated carbocycles. The Kier molecular flexibility index (Phi) is 3.60. The molecule has 1 N–H and O–H groups in total. The Morgan fingerprint density at radius 1 is 1.21 bits per heavy atom. The summed E-state index contributed by atoms with van der Waals surface area (Å²) in [5.74, 6) is 0.134. The van der Waals surface area contributed by atoms with E-state index in [9.17, 15) is 4.79 Å². The fraction of sp³-hybridized carbons (Fsp3) is 0.267. The number of hydrogen-bond acceptors (Lipinski definition) is 3. The van der Waals surface area contributed by atoms with Crippen molar-refractivity contribution in [1.29, 1.82) is 0 Å². The molecule has 0 spiro atoms. The normalized spacial score (nSPS) is 10.7. The minimum Gasteiger partial charge on any atom is -0.478 e. The summed E-state index contributed by atoms with van der Waals surface area (Å²) in [5.41, 5.74) is 3.02. The maximum absolute atomic E-state index is 10.8. The first kappa shape index (κ1) is 13.2. The zero-order chi connectivity index (χ0) is 14.0. The van der Waals surface area contributed by atoms with Gasteiger partial charge in [-0.15, -0.1) is 0 Å². The molecule has 0 saturated heterocycles. The predicted molar refractivity (Wildman–Crippen MR) is 73.3 cm³/mol. The van der Waals surface area contributed by atoms with Gasteiger partial charge in [-0.2, -0.15) is 0 Å². The predicted octanol–water partition coefficient (Wildman–Crippen LogP) is 3.27. The van der Waals surface area contributed by atoms with Crippen molar-refractivity contribution in [1.82, 2.24) is 9.97 Å². The van der Waals surface area contributed by atoms with Gasteiger partial charge in [-0.3, -0.25) is 0 Å². The zero-order valence-electron chi connectivity index (χ0n) is 11.2. The summed E-state index contributed by atoms with van der Waals surface area (Å²) >= 11 is 0. The highest BCUT2D eigenvalue weighted by molar-refractivity contribution is 5.88. The van der Waals surface area contributed by atoms with Crippen molar-refractivity contribution in [2.75, 3.05) is 0 Å². The summed E-state index contributed by atoms with van der Waals surface area (Å²) in [4.78, 5) is 19.7. The number of nitrogens with zero attached hydrogens (tertiary/aromatic N) is 2. The Hall–Kier alpha value is -2.23. The van der Waals surface area contributed by atoms with Crippen LogP contribution in [0.25, 0.3) is 11.3 Å². The molecule has 1 aromatic carbocycles. The van der Waals surface area contributed by atoms with Gasteiger partial charge in [0.2, 0.25) is 0 Å². The minimum atomic E-state index is -0.922. The molecule has 2 aromatic rings. The van der Waals surface area contributed by atoms with Gasteiger partial charge in [-0.05, 0) is 24.6 Å². The van der Waals surface area contributed by atoms with E-state index in [4.69, 9.17) is 5.11 Å². The number of rotatable bonds is 3. The van der Waals surface area contributed by atoms with Gasteiger partial charge in [0.1, 0.15) is 5.82 Å². The van der Waals surface area contributed by atoms with Crippen LogP contribution < -0.4 is 0 Å². The molecule has 0 atom stereocenters. The quantitative estimate of drug-likeness (QED) is 0.915. The molecule has 4 heteroatoms. The molecule has 0 aliphatic heterocycles. The third-order valence-electron chi connectivity index (χ3n) is 2.91. The highest BCUT2D eigenvalue weighted by Gasteiger charge is 2.10. The molecule has 1 heterocycles. The zero-order valence-corrected chi connectivity index (χ0v) is 11.2. The Balaban J connectivity index is 2.45. The van der Waals surface area contributed by atoms with Gasteiger partial charge in [0.25, 0.3) is 0 Å². The van der Waals surface area contributed by atoms with E-state index in [2.05, 4.69) is 9.97 Å². The first-order chi connectivity index (χ1) is 8.99. The maximum atomic E-state index is 10.8. The average molecular weight is 256 g/mol. The lowest BCUT2D eigenvalue weighted by atomic mass is 10.1. The molecule has 2 rings (SSSR count). The summed E-state index contributed by atoms with van der Waals surface area (Å²) < 4.78 is 0. The second-order valence-corrected chi connectivity index (χ2v) is 4.80. The van der Waals surface area contributed by atoms with E-state index in [-0.39, 0.29) is 11.5 Å². The Morgan fingerprint density at radius 3 is 2.37 bits per heavy atom. The largest absolute Gasteiger partial charge is 0.478 e. The van der Waals surface area contributed by atoms with Crippen LogP contribution in [0, 0.1) is 6.92 Å².